The number of aryl methyl sites for hydroxylation is 1. The summed E-state index contributed by atoms with van der Waals surface area (Å²) >= 11 is -0.454. The van der Waals surface area contributed by atoms with Crippen molar-refractivity contribution in [2.45, 2.75) is 37.8 Å². The molecule has 5 rings (SSSR count). The number of esters is 3. The van der Waals surface area contributed by atoms with E-state index in [-0.39, 0.29) is 23.4 Å². The van der Waals surface area contributed by atoms with E-state index in [1.54, 1.807) is 91.0 Å². The molecule has 2 N–H and O–H groups in total. The predicted molar refractivity (Wildman–Crippen MR) is 155 cm³/mol. The molecule has 3 aromatic carbocycles. The Bertz CT molecular complexity index is 1590. The van der Waals surface area contributed by atoms with Gasteiger partial charge in [0.15, 0.2) is 0 Å². The number of primary amides is 1. The maximum atomic E-state index is 13.3. The Hall–Kier alpha value is -4.57. The third kappa shape index (κ3) is 6.91. The van der Waals surface area contributed by atoms with Crippen molar-refractivity contribution in [3.63, 3.8) is 0 Å². The molecule has 0 saturated carbocycles. The second kappa shape index (κ2) is 13.6. The number of amides is 1. The van der Waals surface area contributed by atoms with Gasteiger partial charge in [-0.25, -0.2) is 0 Å². The second-order valence-corrected chi connectivity index (χ2v) is 11.9. The number of nitrogens with zero attached hydrogens (tertiary/aromatic N) is 1. The van der Waals surface area contributed by atoms with Crippen molar-refractivity contribution in [3.8, 4) is 0 Å². The van der Waals surface area contributed by atoms with E-state index in [9.17, 15) is 19.2 Å². The first-order valence-electron chi connectivity index (χ1n) is 13.5. The van der Waals surface area contributed by atoms with E-state index < -0.39 is 62.7 Å². The van der Waals surface area contributed by atoms with Crippen molar-refractivity contribution in [1.29, 1.82) is 0 Å². The standard InChI is InChI=1S/C32H28N2O8Se/c1-2-23-24(28(33)35)34-29(43-23)27-26(42-32(38)21-16-10-5-11-17-21)25(41-31(37)20-14-8-4-9-15-20)22(40-27)18-39-30(36)19-12-6-3-7-13-19/h3-17,22,25-27H,2,18H2,1H3,(H2,33,35)/t22-,25-,26-,27-/m1/s1. The summed E-state index contributed by atoms with van der Waals surface area (Å²) in [6.45, 7) is 1.57. The summed E-state index contributed by atoms with van der Waals surface area (Å²) in [5.74, 6) is -2.64. The van der Waals surface area contributed by atoms with Gasteiger partial charge in [0, 0.05) is 0 Å². The monoisotopic (exact) mass is 648 g/mol. The SMILES string of the molecule is CCc1[se]c([C@@H]2O[C@H](COC(=O)c3ccccc3)[C@@H](OC(=O)c3ccccc3)[C@H]2OC(=O)c2ccccc2)nc1C(N)=O. The molecule has 4 aromatic rings. The minimum atomic E-state index is -1.19. The van der Waals surface area contributed by atoms with Crippen LogP contribution in [0, 0.1) is 0 Å². The van der Waals surface area contributed by atoms with Crippen molar-refractivity contribution < 1.29 is 38.1 Å². The van der Waals surface area contributed by atoms with E-state index in [1.165, 1.54) is 0 Å². The Kier molecular flexibility index (Phi) is 9.46. The van der Waals surface area contributed by atoms with E-state index in [4.69, 9.17) is 24.7 Å². The van der Waals surface area contributed by atoms with Crippen LogP contribution in [0.5, 0.6) is 0 Å². The summed E-state index contributed by atoms with van der Waals surface area (Å²) in [5, 5.41) is 0. The molecular weight excluding hydrogens is 619 g/mol. The maximum absolute atomic E-state index is 13.3. The number of nitrogens with two attached hydrogens (primary N) is 1. The third-order valence-corrected chi connectivity index (χ3v) is 9.36. The Morgan fingerprint density at radius 3 is 1.72 bits per heavy atom. The van der Waals surface area contributed by atoms with Gasteiger partial charge in [0.2, 0.25) is 0 Å². The molecule has 2 heterocycles. The molecule has 0 unspecified atom stereocenters. The minimum absolute atomic E-state index is 0.144. The average Bonchev–Trinajstić information content (AvgIpc) is 3.62. The molecule has 1 saturated heterocycles. The molecule has 1 aliphatic heterocycles. The number of benzene rings is 3. The summed E-state index contributed by atoms with van der Waals surface area (Å²) in [7, 11) is 0. The van der Waals surface area contributed by atoms with Gasteiger partial charge in [-0.3, -0.25) is 0 Å². The van der Waals surface area contributed by atoms with E-state index >= 15 is 0 Å². The predicted octanol–water partition coefficient (Wildman–Crippen LogP) is 3.55. The molecule has 220 valence electrons. The Morgan fingerprint density at radius 2 is 1.26 bits per heavy atom. The number of aromatic nitrogens is 1. The number of hydrogen-bond donors (Lipinski definition) is 1. The van der Waals surface area contributed by atoms with Gasteiger partial charge in [-0.05, 0) is 0 Å². The molecule has 1 amide bonds. The zero-order chi connectivity index (χ0) is 30.3. The van der Waals surface area contributed by atoms with E-state index in [2.05, 4.69) is 4.98 Å². The van der Waals surface area contributed by atoms with Gasteiger partial charge in [-0.1, -0.05) is 0 Å². The van der Waals surface area contributed by atoms with Crippen molar-refractivity contribution in [2.75, 3.05) is 6.61 Å². The molecule has 0 spiro atoms. The number of ether oxygens (including phenoxy) is 4. The van der Waals surface area contributed by atoms with Crippen LogP contribution in [0.4, 0.5) is 0 Å². The fraction of sp³-hybridized carbons (Fsp3) is 0.219. The Balaban J connectivity index is 1.51. The molecule has 0 bridgehead atoms. The molecule has 0 aliphatic carbocycles. The van der Waals surface area contributed by atoms with Gasteiger partial charge in [-0.15, -0.1) is 0 Å². The Morgan fingerprint density at radius 1 is 0.767 bits per heavy atom. The van der Waals surface area contributed by atoms with E-state index in [0.29, 0.717) is 16.6 Å². The molecular formula is C32H28N2O8Se. The number of carbonyl (C=O) groups excluding carboxylic acids is 4. The summed E-state index contributed by atoms with van der Waals surface area (Å²) in [5.41, 5.74) is 6.61. The van der Waals surface area contributed by atoms with Crippen LogP contribution in [-0.2, 0) is 25.4 Å². The van der Waals surface area contributed by atoms with Crippen LogP contribution in [0.1, 0.15) is 63.6 Å². The van der Waals surface area contributed by atoms with Crippen LogP contribution in [0.15, 0.2) is 91.0 Å². The van der Waals surface area contributed by atoms with Gasteiger partial charge in [0.05, 0.1) is 0 Å². The van der Waals surface area contributed by atoms with Crippen molar-refractivity contribution in [2.24, 2.45) is 5.73 Å². The molecule has 1 aromatic heterocycles. The summed E-state index contributed by atoms with van der Waals surface area (Å²) < 4.78 is 25.0. The number of rotatable bonds is 10. The van der Waals surface area contributed by atoms with Gasteiger partial charge < -0.3 is 0 Å². The van der Waals surface area contributed by atoms with Crippen LogP contribution in [0.2, 0.25) is 0 Å². The average molecular weight is 648 g/mol. The van der Waals surface area contributed by atoms with Gasteiger partial charge >= 0.3 is 254 Å². The number of carbonyl (C=O) groups is 4. The first kappa shape index (κ1) is 29.9. The summed E-state index contributed by atoms with van der Waals surface area (Å²) in [6, 6.07) is 25.1. The topological polar surface area (TPSA) is 144 Å². The summed E-state index contributed by atoms with van der Waals surface area (Å²) in [6.07, 6.45) is -3.85. The first-order chi connectivity index (χ1) is 20.9. The molecule has 43 heavy (non-hydrogen) atoms. The van der Waals surface area contributed by atoms with Crippen LogP contribution in [0.3, 0.4) is 0 Å². The van der Waals surface area contributed by atoms with Crippen LogP contribution in [-0.4, -0.2) is 68.2 Å². The normalized spacial score (nSPS) is 19.4. The van der Waals surface area contributed by atoms with Crippen molar-refractivity contribution >= 4 is 38.3 Å². The quantitative estimate of drug-likeness (QED) is 0.155. The van der Waals surface area contributed by atoms with E-state index in [1.807, 2.05) is 6.92 Å². The van der Waals surface area contributed by atoms with Crippen molar-refractivity contribution in [3.05, 3.63) is 122 Å². The van der Waals surface area contributed by atoms with Crippen LogP contribution < -0.4 is 5.73 Å². The molecule has 11 heteroatoms. The number of hydrogen-bond acceptors (Lipinski definition) is 9. The Labute approximate surface area is 253 Å². The van der Waals surface area contributed by atoms with Gasteiger partial charge in [0.1, 0.15) is 0 Å². The molecule has 10 nitrogen and oxygen atoms in total. The van der Waals surface area contributed by atoms with Crippen LogP contribution >= 0.6 is 0 Å². The zero-order valence-corrected chi connectivity index (χ0v) is 24.8. The second-order valence-electron chi connectivity index (χ2n) is 9.57. The molecule has 0 radical (unpaired) electrons. The van der Waals surface area contributed by atoms with Gasteiger partial charge in [-0.2, -0.15) is 0 Å². The fourth-order valence-electron chi connectivity index (χ4n) is 4.60. The van der Waals surface area contributed by atoms with Crippen LogP contribution in [0.25, 0.3) is 0 Å². The first-order valence-corrected chi connectivity index (χ1v) is 15.3. The fourth-order valence-corrected chi connectivity index (χ4v) is 6.87. The summed E-state index contributed by atoms with van der Waals surface area (Å²) in [4.78, 5) is 55.9. The third-order valence-electron chi connectivity index (χ3n) is 6.72. The molecule has 1 fully saturated rings. The molecule has 1 aliphatic rings. The van der Waals surface area contributed by atoms with E-state index in [0.717, 1.165) is 4.44 Å². The molecule has 4 atom stereocenters. The van der Waals surface area contributed by atoms with Gasteiger partial charge in [0.25, 0.3) is 0 Å². The van der Waals surface area contributed by atoms with Crippen molar-refractivity contribution in [1.82, 2.24) is 4.98 Å². The zero-order valence-electron chi connectivity index (χ0n) is 23.1.